The second-order valence-electron chi connectivity index (χ2n) is 5.15. The lowest BCUT2D eigenvalue weighted by Gasteiger charge is -2.11. The number of nitrogens with one attached hydrogen (secondary N) is 2. The standard InChI is InChI=1S/C15H21N5O2/c1-20(2)11-12-4-7-16-14(10-12)22-9-3-6-17-15-18-8-5-13(21)19-15/h4-5,7-8,10H,3,6,9,11H2,1-2H3,(H2,17,18,19,21). The van der Waals surface area contributed by atoms with Gasteiger partial charge in [-0.2, -0.15) is 0 Å². The van der Waals surface area contributed by atoms with Crippen LogP contribution in [0.25, 0.3) is 0 Å². The Hall–Kier alpha value is -2.41. The minimum Gasteiger partial charge on any atom is -0.478 e. The molecule has 0 spiro atoms. The zero-order chi connectivity index (χ0) is 15.8. The van der Waals surface area contributed by atoms with Gasteiger partial charge in [-0.1, -0.05) is 0 Å². The van der Waals surface area contributed by atoms with Crippen LogP contribution in [-0.4, -0.2) is 47.1 Å². The Bertz CT molecular complexity index is 642. The van der Waals surface area contributed by atoms with Gasteiger partial charge < -0.3 is 15.0 Å². The molecule has 0 aliphatic rings. The largest absolute Gasteiger partial charge is 0.478 e. The number of nitrogens with zero attached hydrogens (tertiary/aromatic N) is 3. The normalized spacial score (nSPS) is 10.7. The minimum atomic E-state index is -0.171. The Balaban J connectivity index is 1.71. The predicted molar refractivity (Wildman–Crippen MR) is 85.1 cm³/mol. The van der Waals surface area contributed by atoms with Crippen molar-refractivity contribution in [2.24, 2.45) is 0 Å². The summed E-state index contributed by atoms with van der Waals surface area (Å²) in [6, 6.07) is 5.30. The summed E-state index contributed by atoms with van der Waals surface area (Å²) >= 11 is 0. The quantitative estimate of drug-likeness (QED) is 0.711. The van der Waals surface area contributed by atoms with Gasteiger partial charge in [-0.05, 0) is 32.1 Å². The number of anilines is 1. The first-order valence-electron chi connectivity index (χ1n) is 7.15. The minimum absolute atomic E-state index is 0.171. The summed E-state index contributed by atoms with van der Waals surface area (Å²) in [5.41, 5.74) is 0.995. The third-order valence-electron chi connectivity index (χ3n) is 2.83. The summed E-state index contributed by atoms with van der Waals surface area (Å²) in [6.45, 7) is 2.06. The van der Waals surface area contributed by atoms with E-state index in [-0.39, 0.29) is 5.56 Å². The number of rotatable bonds is 8. The molecule has 7 heteroatoms. The molecule has 2 aromatic rings. The van der Waals surface area contributed by atoms with E-state index in [1.807, 2.05) is 26.2 Å². The number of hydrogen-bond acceptors (Lipinski definition) is 6. The second kappa shape index (κ2) is 8.14. The van der Waals surface area contributed by atoms with Crippen LogP contribution in [0.4, 0.5) is 5.95 Å². The van der Waals surface area contributed by atoms with Crippen molar-refractivity contribution < 1.29 is 4.74 Å². The van der Waals surface area contributed by atoms with Gasteiger partial charge in [0, 0.05) is 37.6 Å². The fourth-order valence-corrected chi connectivity index (χ4v) is 1.91. The van der Waals surface area contributed by atoms with Gasteiger partial charge in [-0.15, -0.1) is 0 Å². The van der Waals surface area contributed by atoms with E-state index < -0.39 is 0 Å². The van der Waals surface area contributed by atoms with Crippen LogP contribution in [0, 0.1) is 0 Å². The first-order chi connectivity index (χ1) is 10.6. The molecule has 0 aromatic carbocycles. The van der Waals surface area contributed by atoms with Crippen LogP contribution in [0.1, 0.15) is 12.0 Å². The Morgan fingerprint density at radius 2 is 2.09 bits per heavy atom. The topological polar surface area (TPSA) is 83.1 Å². The van der Waals surface area contributed by atoms with Gasteiger partial charge in [-0.25, -0.2) is 9.97 Å². The molecule has 0 amide bonds. The molecule has 0 saturated carbocycles. The molecule has 0 bridgehead atoms. The van der Waals surface area contributed by atoms with Crippen LogP contribution in [-0.2, 0) is 6.54 Å². The molecule has 0 saturated heterocycles. The summed E-state index contributed by atoms with van der Waals surface area (Å²) in [6.07, 6.45) is 4.00. The summed E-state index contributed by atoms with van der Waals surface area (Å²) in [4.78, 5) is 24.0. The molecule has 2 heterocycles. The maximum atomic E-state index is 11.1. The third-order valence-corrected chi connectivity index (χ3v) is 2.83. The van der Waals surface area contributed by atoms with Gasteiger partial charge in [0.25, 0.3) is 5.56 Å². The van der Waals surface area contributed by atoms with Crippen molar-refractivity contribution in [1.82, 2.24) is 19.9 Å². The summed E-state index contributed by atoms with van der Waals surface area (Å²) in [5, 5.41) is 3.04. The molecule has 2 rings (SSSR count). The van der Waals surface area contributed by atoms with Crippen LogP contribution in [0.15, 0.2) is 35.4 Å². The molecule has 0 radical (unpaired) electrons. The molecule has 0 fully saturated rings. The highest BCUT2D eigenvalue weighted by molar-refractivity contribution is 5.22. The van der Waals surface area contributed by atoms with Crippen molar-refractivity contribution in [1.29, 1.82) is 0 Å². The van der Waals surface area contributed by atoms with Crippen LogP contribution in [0.5, 0.6) is 5.88 Å². The van der Waals surface area contributed by atoms with Gasteiger partial charge in [0.2, 0.25) is 11.8 Å². The highest BCUT2D eigenvalue weighted by atomic mass is 16.5. The number of hydrogen-bond donors (Lipinski definition) is 2. The highest BCUT2D eigenvalue weighted by Gasteiger charge is 2.00. The van der Waals surface area contributed by atoms with E-state index in [0.29, 0.717) is 25.0 Å². The monoisotopic (exact) mass is 303 g/mol. The van der Waals surface area contributed by atoms with E-state index in [1.165, 1.54) is 17.8 Å². The molecule has 2 N–H and O–H groups in total. The maximum Gasteiger partial charge on any atom is 0.252 e. The van der Waals surface area contributed by atoms with Gasteiger partial charge in [0.15, 0.2) is 0 Å². The van der Waals surface area contributed by atoms with Gasteiger partial charge >= 0.3 is 0 Å². The van der Waals surface area contributed by atoms with E-state index in [4.69, 9.17) is 4.74 Å². The summed E-state index contributed by atoms with van der Waals surface area (Å²) in [5.74, 6) is 1.10. The number of H-pyrrole nitrogens is 1. The van der Waals surface area contributed by atoms with E-state index in [2.05, 4.69) is 25.2 Å². The molecular formula is C15H21N5O2. The Morgan fingerprint density at radius 1 is 1.27 bits per heavy atom. The average molecular weight is 303 g/mol. The predicted octanol–water partition coefficient (Wildman–Crippen LogP) is 1.11. The summed E-state index contributed by atoms with van der Waals surface area (Å²) < 4.78 is 5.63. The molecule has 22 heavy (non-hydrogen) atoms. The SMILES string of the molecule is CN(C)Cc1ccnc(OCCCNc2nccc(=O)[nH]2)c1. The molecule has 7 nitrogen and oxygen atoms in total. The van der Waals surface area contributed by atoms with Crippen LogP contribution >= 0.6 is 0 Å². The van der Waals surface area contributed by atoms with Crippen molar-refractivity contribution in [3.05, 3.63) is 46.5 Å². The zero-order valence-corrected chi connectivity index (χ0v) is 12.9. The van der Waals surface area contributed by atoms with Gasteiger partial charge in [-0.3, -0.25) is 9.78 Å². The fourth-order valence-electron chi connectivity index (χ4n) is 1.91. The van der Waals surface area contributed by atoms with E-state index in [1.54, 1.807) is 6.20 Å². The molecule has 2 aromatic heterocycles. The first kappa shape index (κ1) is 16.0. The van der Waals surface area contributed by atoms with E-state index in [9.17, 15) is 4.79 Å². The molecule has 0 atom stereocenters. The molecule has 0 aliphatic heterocycles. The Labute approximate surface area is 129 Å². The molecule has 0 aliphatic carbocycles. The van der Waals surface area contributed by atoms with Crippen molar-refractivity contribution in [3.63, 3.8) is 0 Å². The van der Waals surface area contributed by atoms with Crippen LogP contribution in [0.3, 0.4) is 0 Å². The number of aromatic nitrogens is 3. The first-order valence-corrected chi connectivity index (χ1v) is 7.15. The zero-order valence-electron chi connectivity index (χ0n) is 12.9. The lowest BCUT2D eigenvalue weighted by Crippen LogP contribution is -2.14. The van der Waals surface area contributed by atoms with Crippen molar-refractivity contribution in [2.75, 3.05) is 32.6 Å². The Kier molecular flexibility index (Phi) is 5.91. The average Bonchev–Trinajstić information content (AvgIpc) is 2.47. The maximum absolute atomic E-state index is 11.1. The van der Waals surface area contributed by atoms with Crippen molar-refractivity contribution in [3.8, 4) is 5.88 Å². The summed E-state index contributed by atoms with van der Waals surface area (Å²) in [7, 11) is 4.04. The second-order valence-corrected chi connectivity index (χ2v) is 5.15. The van der Waals surface area contributed by atoms with Gasteiger partial charge in [0.05, 0.1) is 6.61 Å². The lowest BCUT2D eigenvalue weighted by atomic mass is 10.2. The number of pyridine rings is 1. The van der Waals surface area contributed by atoms with E-state index >= 15 is 0 Å². The molecule has 0 unspecified atom stereocenters. The lowest BCUT2D eigenvalue weighted by molar-refractivity contribution is 0.301. The van der Waals surface area contributed by atoms with Crippen molar-refractivity contribution >= 4 is 5.95 Å². The van der Waals surface area contributed by atoms with Crippen molar-refractivity contribution in [2.45, 2.75) is 13.0 Å². The Morgan fingerprint density at radius 3 is 2.86 bits per heavy atom. The smallest absolute Gasteiger partial charge is 0.252 e. The highest BCUT2D eigenvalue weighted by Crippen LogP contribution is 2.10. The van der Waals surface area contributed by atoms with Crippen LogP contribution in [0.2, 0.25) is 0 Å². The molecular weight excluding hydrogens is 282 g/mol. The number of aromatic amines is 1. The van der Waals surface area contributed by atoms with Gasteiger partial charge in [0.1, 0.15) is 0 Å². The van der Waals surface area contributed by atoms with Crippen LogP contribution < -0.4 is 15.6 Å². The van der Waals surface area contributed by atoms with E-state index in [0.717, 1.165) is 13.0 Å². The fraction of sp³-hybridized carbons (Fsp3) is 0.400. The third kappa shape index (κ3) is 5.53. The molecule has 118 valence electrons. The number of ether oxygens (including phenoxy) is 1.